The Hall–Kier alpha value is -1.37. The highest BCUT2D eigenvalue weighted by atomic mass is 35.5. The molecule has 20 heavy (non-hydrogen) atoms. The monoisotopic (exact) mass is 320 g/mol. The van der Waals surface area contributed by atoms with Crippen LogP contribution in [-0.4, -0.2) is 48.4 Å². The number of nitro groups is 1. The Kier molecular flexibility index (Phi) is 6.70. The van der Waals surface area contributed by atoms with Gasteiger partial charge in [-0.2, -0.15) is 0 Å². The van der Waals surface area contributed by atoms with Crippen molar-refractivity contribution in [1.82, 2.24) is 4.90 Å². The summed E-state index contributed by atoms with van der Waals surface area (Å²) in [6, 6.07) is 3.87. The Balaban J connectivity index is 3.09. The lowest BCUT2D eigenvalue weighted by Gasteiger charge is -2.21. The third-order valence-electron chi connectivity index (χ3n) is 2.59. The molecule has 0 aliphatic carbocycles. The van der Waals surface area contributed by atoms with Gasteiger partial charge in [0.25, 0.3) is 11.6 Å². The van der Waals surface area contributed by atoms with Gasteiger partial charge in [-0.25, -0.2) is 0 Å². The van der Waals surface area contributed by atoms with Crippen molar-refractivity contribution < 1.29 is 14.5 Å². The first-order valence-corrected chi connectivity index (χ1v) is 6.70. The van der Waals surface area contributed by atoms with E-state index in [0.29, 0.717) is 13.2 Å². The van der Waals surface area contributed by atoms with E-state index in [1.54, 1.807) is 0 Å². The van der Waals surface area contributed by atoms with Gasteiger partial charge in [-0.15, -0.1) is 11.6 Å². The lowest BCUT2D eigenvalue weighted by molar-refractivity contribution is -0.385. The molecule has 0 radical (unpaired) electrons. The lowest BCUT2D eigenvalue weighted by Crippen LogP contribution is -2.35. The fourth-order valence-electron chi connectivity index (χ4n) is 1.63. The number of carbonyl (C=O) groups is 1. The average Bonchev–Trinajstić information content (AvgIpc) is 2.42. The molecule has 110 valence electrons. The Morgan fingerprint density at radius 3 is 2.70 bits per heavy atom. The summed E-state index contributed by atoms with van der Waals surface area (Å²) in [6.07, 6.45) is 0. The molecular weight excluding hydrogens is 307 g/mol. The largest absolute Gasteiger partial charge is 0.383 e. The number of ether oxygens (including phenoxy) is 1. The smallest absolute Gasteiger partial charge is 0.282 e. The number of carbonyl (C=O) groups excluding carboxylic acids is 1. The summed E-state index contributed by atoms with van der Waals surface area (Å²) in [4.78, 5) is 24.1. The molecule has 0 N–H and O–H groups in total. The first-order valence-electron chi connectivity index (χ1n) is 5.79. The molecule has 0 aliphatic rings. The maximum absolute atomic E-state index is 12.4. The zero-order valence-corrected chi connectivity index (χ0v) is 12.4. The second-order valence-electron chi connectivity index (χ2n) is 3.89. The summed E-state index contributed by atoms with van der Waals surface area (Å²) < 4.78 is 4.91. The number of methoxy groups -OCH3 is 1. The predicted octanol–water partition coefficient (Wildman–Crippen LogP) is 2.58. The van der Waals surface area contributed by atoms with E-state index in [0.717, 1.165) is 0 Å². The van der Waals surface area contributed by atoms with Gasteiger partial charge in [0.2, 0.25) is 0 Å². The summed E-state index contributed by atoms with van der Waals surface area (Å²) in [5, 5.41) is 11.2. The van der Waals surface area contributed by atoms with Crippen LogP contribution in [0.2, 0.25) is 5.02 Å². The topological polar surface area (TPSA) is 72.7 Å². The first-order chi connectivity index (χ1) is 9.51. The Bertz CT molecular complexity index is 496. The van der Waals surface area contributed by atoms with Crippen LogP contribution in [0.15, 0.2) is 18.2 Å². The number of amides is 1. The standard InChI is InChI=1S/C12H14Cl2N2O4/c1-20-7-6-15(5-4-13)12(17)10-8-9(14)2-3-11(10)16(18)19/h2-3,8H,4-7H2,1H3. The van der Waals surface area contributed by atoms with Crippen molar-refractivity contribution in [2.75, 3.05) is 32.7 Å². The van der Waals surface area contributed by atoms with Gasteiger partial charge in [-0.3, -0.25) is 14.9 Å². The summed E-state index contributed by atoms with van der Waals surface area (Å²) >= 11 is 11.5. The Morgan fingerprint density at radius 2 is 2.15 bits per heavy atom. The van der Waals surface area contributed by atoms with Crippen LogP contribution < -0.4 is 0 Å². The van der Waals surface area contributed by atoms with Crippen LogP contribution in [0.1, 0.15) is 10.4 Å². The van der Waals surface area contributed by atoms with E-state index in [-0.39, 0.29) is 28.7 Å². The van der Waals surface area contributed by atoms with Crippen LogP contribution >= 0.6 is 23.2 Å². The molecule has 0 saturated carbocycles. The van der Waals surface area contributed by atoms with Crippen LogP contribution in [0.25, 0.3) is 0 Å². The van der Waals surface area contributed by atoms with E-state index in [9.17, 15) is 14.9 Å². The van der Waals surface area contributed by atoms with E-state index in [1.807, 2.05) is 0 Å². The van der Waals surface area contributed by atoms with Gasteiger partial charge in [0.05, 0.1) is 11.5 Å². The lowest BCUT2D eigenvalue weighted by atomic mass is 10.1. The van der Waals surface area contributed by atoms with Crippen molar-refractivity contribution in [1.29, 1.82) is 0 Å². The molecule has 1 rings (SSSR count). The first kappa shape index (κ1) is 16.7. The highest BCUT2D eigenvalue weighted by molar-refractivity contribution is 6.31. The molecule has 0 unspecified atom stereocenters. The molecule has 6 nitrogen and oxygen atoms in total. The zero-order valence-electron chi connectivity index (χ0n) is 10.8. The Labute approximate surface area is 126 Å². The van der Waals surface area contributed by atoms with E-state index >= 15 is 0 Å². The summed E-state index contributed by atoms with van der Waals surface area (Å²) in [7, 11) is 1.51. The van der Waals surface area contributed by atoms with Gasteiger partial charge in [-0.1, -0.05) is 11.6 Å². The molecule has 0 aliphatic heterocycles. The number of nitrogens with zero attached hydrogens (tertiary/aromatic N) is 2. The fourth-order valence-corrected chi connectivity index (χ4v) is 2.00. The molecule has 0 fully saturated rings. The molecular formula is C12H14Cl2N2O4. The van der Waals surface area contributed by atoms with Gasteiger partial charge in [-0.05, 0) is 12.1 Å². The second kappa shape index (κ2) is 8.04. The minimum Gasteiger partial charge on any atom is -0.383 e. The predicted molar refractivity (Wildman–Crippen MR) is 76.6 cm³/mol. The SMILES string of the molecule is COCCN(CCCl)C(=O)c1cc(Cl)ccc1[N+](=O)[O-]. The van der Waals surface area contributed by atoms with Crippen LogP contribution in [0.4, 0.5) is 5.69 Å². The van der Waals surface area contributed by atoms with E-state index in [2.05, 4.69) is 0 Å². The normalized spacial score (nSPS) is 10.3. The van der Waals surface area contributed by atoms with Crippen molar-refractivity contribution in [3.63, 3.8) is 0 Å². The molecule has 8 heteroatoms. The third kappa shape index (κ3) is 4.33. The van der Waals surface area contributed by atoms with Crippen LogP contribution in [0.5, 0.6) is 0 Å². The molecule has 0 atom stereocenters. The molecule has 0 aromatic heterocycles. The van der Waals surface area contributed by atoms with E-state index in [1.165, 1.54) is 30.2 Å². The number of halogens is 2. The van der Waals surface area contributed by atoms with Gasteiger partial charge in [0, 0.05) is 37.2 Å². The minimum atomic E-state index is -0.612. The van der Waals surface area contributed by atoms with Crippen LogP contribution in [0.3, 0.4) is 0 Å². The van der Waals surface area contributed by atoms with E-state index < -0.39 is 10.8 Å². The van der Waals surface area contributed by atoms with Gasteiger partial charge < -0.3 is 9.64 Å². The highest BCUT2D eigenvalue weighted by Crippen LogP contribution is 2.24. The van der Waals surface area contributed by atoms with Crippen LogP contribution in [-0.2, 0) is 4.74 Å². The van der Waals surface area contributed by atoms with Crippen molar-refractivity contribution >= 4 is 34.8 Å². The molecule has 0 bridgehead atoms. The molecule has 0 heterocycles. The fraction of sp³-hybridized carbons (Fsp3) is 0.417. The van der Waals surface area contributed by atoms with Gasteiger partial charge in [0.1, 0.15) is 5.56 Å². The number of rotatable bonds is 7. The van der Waals surface area contributed by atoms with Gasteiger partial charge >= 0.3 is 0 Å². The highest BCUT2D eigenvalue weighted by Gasteiger charge is 2.24. The average molecular weight is 321 g/mol. The second-order valence-corrected chi connectivity index (χ2v) is 4.71. The number of alkyl halides is 1. The van der Waals surface area contributed by atoms with Crippen molar-refractivity contribution in [3.8, 4) is 0 Å². The maximum atomic E-state index is 12.4. The number of nitro benzene ring substituents is 1. The molecule has 1 aromatic rings. The van der Waals surface area contributed by atoms with E-state index in [4.69, 9.17) is 27.9 Å². The maximum Gasteiger partial charge on any atom is 0.282 e. The number of benzene rings is 1. The Morgan fingerprint density at radius 1 is 1.45 bits per heavy atom. The zero-order chi connectivity index (χ0) is 15.1. The summed E-state index contributed by atoms with van der Waals surface area (Å²) in [6.45, 7) is 0.885. The van der Waals surface area contributed by atoms with Gasteiger partial charge in [0.15, 0.2) is 0 Å². The molecule has 0 saturated heterocycles. The minimum absolute atomic E-state index is 0.0521. The van der Waals surface area contributed by atoms with Crippen LogP contribution in [0, 0.1) is 10.1 Å². The number of hydrogen-bond acceptors (Lipinski definition) is 4. The summed E-state index contributed by atoms with van der Waals surface area (Å²) in [5.41, 5.74) is -0.333. The molecule has 1 amide bonds. The summed E-state index contributed by atoms with van der Waals surface area (Å²) in [5.74, 6) is -0.263. The third-order valence-corrected chi connectivity index (χ3v) is 3.00. The van der Waals surface area contributed by atoms with Crippen molar-refractivity contribution in [2.45, 2.75) is 0 Å². The molecule has 0 spiro atoms. The molecule has 1 aromatic carbocycles. The quantitative estimate of drug-likeness (QED) is 0.439. The number of hydrogen-bond donors (Lipinski definition) is 0. The van der Waals surface area contributed by atoms with Crippen molar-refractivity contribution in [2.24, 2.45) is 0 Å². The van der Waals surface area contributed by atoms with Crippen molar-refractivity contribution in [3.05, 3.63) is 38.9 Å².